The van der Waals surface area contributed by atoms with E-state index in [2.05, 4.69) is 39.5 Å². The largest absolute Gasteiger partial charge is 0.329 e. The van der Waals surface area contributed by atoms with Gasteiger partial charge >= 0.3 is 11.8 Å². The summed E-state index contributed by atoms with van der Waals surface area (Å²) in [6.07, 6.45) is 1.56. The van der Waals surface area contributed by atoms with Crippen LogP contribution in [-0.4, -0.2) is 22.6 Å². The van der Waals surface area contributed by atoms with E-state index < -0.39 is 11.8 Å². The standard InChI is InChI=1S/C24H26N4O2/c1-15-10-11-16(2)21(12-15)26-23(29)24(30)27-25-14-20-13-18(4)28(19(20)5)22-9-7-6-8-17(22)3/h6-14H,1-5H3,(H,26,29)(H,27,30)/b25-14-. The fraction of sp³-hybridized carbons (Fsp3) is 0.208. The Morgan fingerprint density at radius 1 is 0.900 bits per heavy atom. The molecule has 0 atom stereocenters. The number of anilines is 1. The van der Waals surface area contributed by atoms with Gasteiger partial charge in [-0.15, -0.1) is 0 Å². The second kappa shape index (κ2) is 8.78. The van der Waals surface area contributed by atoms with Crippen LogP contribution in [0, 0.1) is 34.6 Å². The van der Waals surface area contributed by atoms with Crippen LogP contribution in [0.4, 0.5) is 5.69 Å². The van der Waals surface area contributed by atoms with Crippen LogP contribution in [0.3, 0.4) is 0 Å². The van der Waals surface area contributed by atoms with E-state index in [4.69, 9.17) is 0 Å². The monoisotopic (exact) mass is 402 g/mol. The predicted molar refractivity (Wildman–Crippen MR) is 120 cm³/mol. The number of rotatable bonds is 4. The zero-order valence-electron chi connectivity index (χ0n) is 17.9. The topological polar surface area (TPSA) is 75.5 Å². The van der Waals surface area contributed by atoms with Gasteiger partial charge in [-0.1, -0.05) is 30.3 Å². The third-order valence-corrected chi connectivity index (χ3v) is 5.04. The first-order valence-corrected chi connectivity index (χ1v) is 9.74. The van der Waals surface area contributed by atoms with Crippen LogP contribution in [-0.2, 0) is 9.59 Å². The number of hydrogen-bond acceptors (Lipinski definition) is 3. The summed E-state index contributed by atoms with van der Waals surface area (Å²) in [6, 6.07) is 15.8. The molecule has 2 aromatic carbocycles. The first kappa shape index (κ1) is 21.0. The van der Waals surface area contributed by atoms with E-state index in [1.165, 1.54) is 5.56 Å². The van der Waals surface area contributed by atoms with Crippen LogP contribution in [0.15, 0.2) is 53.6 Å². The van der Waals surface area contributed by atoms with Crippen molar-refractivity contribution in [1.82, 2.24) is 9.99 Å². The minimum atomic E-state index is -0.820. The molecule has 3 rings (SSSR count). The zero-order chi connectivity index (χ0) is 21.8. The highest BCUT2D eigenvalue weighted by Gasteiger charge is 2.15. The minimum Gasteiger partial charge on any atom is -0.318 e. The Hall–Kier alpha value is -3.67. The zero-order valence-corrected chi connectivity index (χ0v) is 17.9. The molecule has 0 bridgehead atoms. The van der Waals surface area contributed by atoms with Crippen LogP contribution >= 0.6 is 0 Å². The highest BCUT2D eigenvalue weighted by molar-refractivity contribution is 6.39. The lowest BCUT2D eigenvalue weighted by atomic mass is 10.1. The van der Waals surface area contributed by atoms with Gasteiger partial charge in [0.2, 0.25) is 0 Å². The number of carbonyl (C=O) groups excluding carboxylic acids is 2. The summed E-state index contributed by atoms with van der Waals surface area (Å²) in [7, 11) is 0. The van der Waals surface area contributed by atoms with Crippen molar-refractivity contribution in [3.8, 4) is 5.69 Å². The van der Waals surface area contributed by atoms with Gasteiger partial charge in [0.15, 0.2) is 0 Å². The highest BCUT2D eigenvalue weighted by Crippen LogP contribution is 2.22. The smallest absolute Gasteiger partial charge is 0.318 e. The maximum absolute atomic E-state index is 12.2. The maximum Gasteiger partial charge on any atom is 0.329 e. The number of hydrogen-bond donors (Lipinski definition) is 2. The van der Waals surface area contributed by atoms with Crippen LogP contribution < -0.4 is 10.7 Å². The van der Waals surface area contributed by atoms with E-state index >= 15 is 0 Å². The van der Waals surface area contributed by atoms with E-state index in [1.807, 2.05) is 64.1 Å². The lowest BCUT2D eigenvalue weighted by molar-refractivity contribution is -0.136. The molecule has 0 saturated heterocycles. The van der Waals surface area contributed by atoms with Crippen molar-refractivity contribution in [3.63, 3.8) is 0 Å². The molecule has 0 aliphatic rings. The summed E-state index contributed by atoms with van der Waals surface area (Å²) < 4.78 is 2.14. The molecule has 0 unspecified atom stereocenters. The second-order valence-corrected chi connectivity index (χ2v) is 7.42. The molecular formula is C24H26N4O2. The number of carbonyl (C=O) groups is 2. The Balaban J connectivity index is 1.70. The molecule has 1 aromatic heterocycles. The van der Waals surface area contributed by atoms with Crippen molar-refractivity contribution in [2.24, 2.45) is 5.10 Å². The Labute approximate surface area is 176 Å². The molecule has 1 heterocycles. The molecular weight excluding hydrogens is 376 g/mol. The minimum absolute atomic E-state index is 0.612. The number of aryl methyl sites for hydroxylation is 4. The lowest BCUT2D eigenvalue weighted by Crippen LogP contribution is -2.32. The van der Waals surface area contributed by atoms with Crippen molar-refractivity contribution in [1.29, 1.82) is 0 Å². The molecule has 0 spiro atoms. The van der Waals surface area contributed by atoms with Gasteiger partial charge in [-0.2, -0.15) is 5.10 Å². The Morgan fingerprint density at radius 3 is 2.37 bits per heavy atom. The van der Waals surface area contributed by atoms with Gasteiger partial charge in [-0.05, 0) is 69.5 Å². The number of nitrogens with zero attached hydrogens (tertiary/aromatic N) is 2. The third kappa shape index (κ3) is 4.49. The first-order chi connectivity index (χ1) is 14.3. The van der Waals surface area contributed by atoms with Crippen molar-refractivity contribution in [2.75, 3.05) is 5.32 Å². The van der Waals surface area contributed by atoms with Gasteiger partial charge in [0.1, 0.15) is 0 Å². The number of hydrazone groups is 1. The molecule has 3 aromatic rings. The van der Waals surface area contributed by atoms with E-state index in [0.29, 0.717) is 5.69 Å². The summed E-state index contributed by atoms with van der Waals surface area (Å²) in [5, 5.41) is 6.60. The number of aromatic nitrogens is 1. The third-order valence-electron chi connectivity index (χ3n) is 5.04. The predicted octanol–water partition coefficient (Wildman–Crippen LogP) is 4.11. The van der Waals surface area contributed by atoms with Crippen molar-refractivity contribution < 1.29 is 9.59 Å². The SMILES string of the molecule is Cc1ccc(C)c(NC(=O)C(=O)N/N=C\c2cc(C)n(-c3ccccc3C)c2C)c1. The normalized spacial score (nSPS) is 11.0. The summed E-state index contributed by atoms with van der Waals surface area (Å²) in [5.41, 5.74) is 9.99. The number of benzene rings is 2. The molecule has 30 heavy (non-hydrogen) atoms. The van der Waals surface area contributed by atoms with E-state index in [9.17, 15) is 9.59 Å². The Morgan fingerprint density at radius 2 is 1.63 bits per heavy atom. The second-order valence-electron chi connectivity index (χ2n) is 7.42. The van der Waals surface area contributed by atoms with Crippen molar-refractivity contribution >= 4 is 23.7 Å². The molecule has 6 heteroatoms. The van der Waals surface area contributed by atoms with Crippen molar-refractivity contribution in [2.45, 2.75) is 34.6 Å². The van der Waals surface area contributed by atoms with Gasteiger partial charge in [0.25, 0.3) is 0 Å². The molecule has 2 N–H and O–H groups in total. The molecule has 0 radical (unpaired) electrons. The van der Waals surface area contributed by atoms with Crippen LogP contribution in [0.1, 0.15) is 33.6 Å². The molecule has 2 amide bonds. The van der Waals surface area contributed by atoms with Crippen LogP contribution in [0.5, 0.6) is 0 Å². The molecule has 0 aliphatic carbocycles. The number of nitrogens with one attached hydrogen (secondary N) is 2. The van der Waals surface area contributed by atoms with E-state index in [1.54, 1.807) is 6.21 Å². The molecule has 6 nitrogen and oxygen atoms in total. The molecule has 0 fully saturated rings. The Bertz CT molecular complexity index is 1140. The highest BCUT2D eigenvalue weighted by atomic mass is 16.2. The summed E-state index contributed by atoms with van der Waals surface area (Å²) in [5.74, 6) is -1.58. The fourth-order valence-corrected chi connectivity index (χ4v) is 3.36. The van der Waals surface area contributed by atoms with Crippen molar-refractivity contribution in [3.05, 3.63) is 82.2 Å². The summed E-state index contributed by atoms with van der Waals surface area (Å²) in [6.45, 7) is 9.88. The van der Waals surface area contributed by atoms with E-state index in [0.717, 1.165) is 33.8 Å². The average molecular weight is 402 g/mol. The Kier molecular flexibility index (Phi) is 6.16. The first-order valence-electron chi connectivity index (χ1n) is 9.74. The summed E-state index contributed by atoms with van der Waals surface area (Å²) in [4.78, 5) is 24.3. The lowest BCUT2D eigenvalue weighted by Gasteiger charge is -2.12. The van der Waals surface area contributed by atoms with Gasteiger partial charge in [-0.25, -0.2) is 5.43 Å². The number of para-hydroxylation sites is 1. The average Bonchev–Trinajstić information content (AvgIpc) is 2.98. The number of amides is 2. The fourth-order valence-electron chi connectivity index (χ4n) is 3.36. The van der Waals surface area contributed by atoms with Gasteiger partial charge < -0.3 is 9.88 Å². The molecule has 154 valence electrons. The maximum atomic E-state index is 12.2. The summed E-state index contributed by atoms with van der Waals surface area (Å²) >= 11 is 0. The molecule has 0 saturated carbocycles. The van der Waals surface area contributed by atoms with Crippen LogP contribution in [0.2, 0.25) is 0 Å². The molecule has 0 aliphatic heterocycles. The van der Waals surface area contributed by atoms with Crippen LogP contribution in [0.25, 0.3) is 5.69 Å². The van der Waals surface area contributed by atoms with Gasteiger partial charge in [-0.3, -0.25) is 9.59 Å². The van der Waals surface area contributed by atoms with E-state index in [-0.39, 0.29) is 0 Å². The van der Waals surface area contributed by atoms with Gasteiger partial charge in [0.05, 0.1) is 6.21 Å². The quantitative estimate of drug-likeness (QED) is 0.391. The van der Waals surface area contributed by atoms with Gasteiger partial charge in [0, 0.05) is 28.3 Å².